The van der Waals surface area contributed by atoms with Crippen LogP contribution in [-0.2, 0) is 9.53 Å². The van der Waals surface area contributed by atoms with Crippen molar-refractivity contribution in [2.45, 2.75) is 39.7 Å². The Morgan fingerprint density at radius 2 is 2.05 bits per heavy atom. The normalized spacial score (nSPS) is 12.2. The first-order valence-electron chi connectivity index (χ1n) is 7.27. The van der Waals surface area contributed by atoms with Crippen LogP contribution in [0.5, 0.6) is 5.75 Å². The Labute approximate surface area is 126 Å². The quantitative estimate of drug-likeness (QED) is 0.723. The summed E-state index contributed by atoms with van der Waals surface area (Å²) >= 11 is 0. The summed E-state index contributed by atoms with van der Waals surface area (Å²) in [5, 5.41) is 2.79. The number of hydrogen-bond donors (Lipinski definition) is 2. The Bertz CT molecular complexity index is 461. The van der Waals surface area contributed by atoms with Crippen molar-refractivity contribution in [3.05, 3.63) is 18.2 Å². The largest absolute Gasteiger partial charge is 0.495 e. The molecule has 1 aromatic rings. The minimum Gasteiger partial charge on any atom is -0.495 e. The first kappa shape index (κ1) is 17.3. The second-order valence-corrected chi connectivity index (χ2v) is 5.57. The standard InChI is InChI=1S/C16H26N2O3/c1-11(2)9-12(3)21-8-7-16(19)18-14-10-13(17)5-6-15(14)20-4/h5-6,10-12H,7-9,17H2,1-4H3,(H,18,19). The molecule has 0 aliphatic heterocycles. The summed E-state index contributed by atoms with van der Waals surface area (Å²) in [6.07, 6.45) is 1.46. The Morgan fingerprint density at radius 1 is 1.33 bits per heavy atom. The van der Waals surface area contributed by atoms with E-state index < -0.39 is 0 Å². The molecule has 0 saturated heterocycles. The van der Waals surface area contributed by atoms with Crippen LogP contribution in [0.2, 0.25) is 0 Å². The predicted molar refractivity (Wildman–Crippen MR) is 85.5 cm³/mol. The van der Waals surface area contributed by atoms with Gasteiger partial charge in [0.2, 0.25) is 5.91 Å². The molecule has 0 saturated carbocycles. The van der Waals surface area contributed by atoms with Gasteiger partial charge in [-0.2, -0.15) is 0 Å². The van der Waals surface area contributed by atoms with Crippen molar-refractivity contribution in [2.24, 2.45) is 5.92 Å². The van der Waals surface area contributed by atoms with Crippen molar-refractivity contribution in [3.63, 3.8) is 0 Å². The summed E-state index contributed by atoms with van der Waals surface area (Å²) in [5.74, 6) is 1.06. The molecule has 5 heteroatoms. The van der Waals surface area contributed by atoms with Gasteiger partial charge in [0, 0.05) is 5.69 Å². The number of methoxy groups -OCH3 is 1. The molecule has 1 aromatic carbocycles. The molecule has 0 fully saturated rings. The van der Waals surface area contributed by atoms with Crippen molar-refractivity contribution in [3.8, 4) is 5.75 Å². The van der Waals surface area contributed by atoms with Gasteiger partial charge in [-0.15, -0.1) is 0 Å². The molecule has 21 heavy (non-hydrogen) atoms. The van der Waals surface area contributed by atoms with Gasteiger partial charge < -0.3 is 20.5 Å². The van der Waals surface area contributed by atoms with E-state index in [0.717, 1.165) is 6.42 Å². The van der Waals surface area contributed by atoms with Crippen molar-refractivity contribution in [1.29, 1.82) is 0 Å². The van der Waals surface area contributed by atoms with E-state index in [0.29, 0.717) is 36.1 Å². The number of amides is 1. The van der Waals surface area contributed by atoms with Crippen LogP contribution < -0.4 is 15.8 Å². The van der Waals surface area contributed by atoms with Gasteiger partial charge in [-0.25, -0.2) is 0 Å². The number of nitrogens with one attached hydrogen (secondary N) is 1. The Morgan fingerprint density at radius 3 is 2.67 bits per heavy atom. The van der Waals surface area contributed by atoms with Gasteiger partial charge in [-0.3, -0.25) is 4.79 Å². The molecular formula is C16H26N2O3. The van der Waals surface area contributed by atoms with Gasteiger partial charge in [0.25, 0.3) is 0 Å². The van der Waals surface area contributed by atoms with Crippen LogP contribution in [-0.4, -0.2) is 25.7 Å². The average molecular weight is 294 g/mol. The lowest BCUT2D eigenvalue weighted by Gasteiger charge is -2.15. The van der Waals surface area contributed by atoms with Gasteiger partial charge in [0.1, 0.15) is 5.75 Å². The number of carbonyl (C=O) groups excluding carboxylic acids is 1. The third-order valence-corrected chi connectivity index (χ3v) is 3.03. The van der Waals surface area contributed by atoms with Crippen LogP contribution >= 0.6 is 0 Å². The summed E-state index contributed by atoms with van der Waals surface area (Å²) in [4.78, 5) is 11.9. The van der Waals surface area contributed by atoms with Crippen LogP contribution in [0.4, 0.5) is 11.4 Å². The predicted octanol–water partition coefficient (Wildman–Crippen LogP) is 3.06. The number of nitrogens with two attached hydrogens (primary N) is 1. The molecule has 0 radical (unpaired) electrons. The Hall–Kier alpha value is -1.75. The highest BCUT2D eigenvalue weighted by Gasteiger charge is 2.10. The minimum absolute atomic E-state index is 0.115. The maximum atomic E-state index is 11.9. The fraction of sp³-hybridized carbons (Fsp3) is 0.562. The summed E-state index contributed by atoms with van der Waals surface area (Å²) in [5.41, 5.74) is 6.87. The van der Waals surface area contributed by atoms with Crippen LogP contribution in [0.3, 0.4) is 0 Å². The van der Waals surface area contributed by atoms with E-state index in [2.05, 4.69) is 19.2 Å². The fourth-order valence-electron chi connectivity index (χ4n) is 2.12. The monoisotopic (exact) mass is 294 g/mol. The molecule has 0 heterocycles. The molecule has 5 nitrogen and oxygen atoms in total. The molecule has 118 valence electrons. The number of carbonyl (C=O) groups is 1. The van der Waals surface area contributed by atoms with Gasteiger partial charge >= 0.3 is 0 Å². The van der Waals surface area contributed by atoms with E-state index in [1.165, 1.54) is 0 Å². The molecule has 1 atom stereocenters. The van der Waals surface area contributed by atoms with Gasteiger partial charge in [0.05, 0.1) is 31.9 Å². The van der Waals surface area contributed by atoms with E-state index in [1.807, 2.05) is 6.92 Å². The van der Waals surface area contributed by atoms with Crippen LogP contribution in [0, 0.1) is 5.92 Å². The fourth-order valence-corrected chi connectivity index (χ4v) is 2.12. The Balaban J connectivity index is 2.42. The smallest absolute Gasteiger partial charge is 0.226 e. The molecule has 1 unspecified atom stereocenters. The minimum atomic E-state index is -0.115. The molecule has 1 rings (SSSR count). The summed E-state index contributed by atoms with van der Waals surface area (Å²) in [6.45, 7) is 6.74. The average Bonchev–Trinajstić information content (AvgIpc) is 2.38. The summed E-state index contributed by atoms with van der Waals surface area (Å²) < 4.78 is 10.8. The highest BCUT2D eigenvalue weighted by molar-refractivity contribution is 5.92. The SMILES string of the molecule is COc1ccc(N)cc1NC(=O)CCOC(C)CC(C)C. The number of nitrogen functional groups attached to an aromatic ring is 1. The van der Waals surface area contributed by atoms with E-state index in [9.17, 15) is 4.79 Å². The van der Waals surface area contributed by atoms with E-state index in [4.69, 9.17) is 15.2 Å². The number of anilines is 2. The van der Waals surface area contributed by atoms with Gasteiger partial charge in [-0.05, 0) is 37.5 Å². The first-order valence-corrected chi connectivity index (χ1v) is 7.27. The topological polar surface area (TPSA) is 73.6 Å². The van der Waals surface area contributed by atoms with Crippen LogP contribution in [0.1, 0.15) is 33.6 Å². The lowest BCUT2D eigenvalue weighted by molar-refractivity contribution is -0.117. The van der Waals surface area contributed by atoms with Crippen molar-refractivity contribution >= 4 is 17.3 Å². The maximum Gasteiger partial charge on any atom is 0.226 e. The van der Waals surface area contributed by atoms with Crippen molar-refractivity contribution in [2.75, 3.05) is 24.8 Å². The zero-order valence-corrected chi connectivity index (χ0v) is 13.3. The number of ether oxygens (including phenoxy) is 2. The summed E-state index contributed by atoms with van der Waals surface area (Å²) in [7, 11) is 1.55. The highest BCUT2D eigenvalue weighted by atomic mass is 16.5. The number of rotatable bonds is 8. The lowest BCUT2D eigenvalue weighted by atomic mass is 10.1. The first-order chi connectivity index (χ1) is 9.92. The van der Waals surface area contributed by atoms with E-state index >= 15 is 0 Å². The lowest BCUT2D eigenvalue weighted by Crippen LogP contribution is -2.18. The Kier molecular flexibility index (Phi) is 7.02. The molecule has 0 aromatic heterocycles. The second kappa shape index (κ2) is 8.52. The van der Waals surface area contributed by atoms with E-state index in [-0.39, 0.29) is 12.0 Å². The van der Waals surface area contributed by atoms with Crippen LogP contribution in [0.25, 0.3) is 0 Å². The number of hydrogen-bond acceptors (Lipinski definition) is 4. The third kappa shape index (κ3) is 6.49. The third-order valence-electron chi connectivity index (χ3n) is 3.03. The van der Waals surface area contributed by atoms with Crippen LogP contribution in [0.15, 0.2) is 18.2 Å². The van der Waals surface area contributed by atoms with Gasteiger partial charge in [-0.1, -0.05) is 13.8 Å². The van der Waals surface area contributed by atoms with Crippen molar-refractivity contribution < 1.29 is 14.3 Å². The number of benzene rings is 1. The zero-order chi connectivity index (χ0) is 15.8. The zero-order valence-electron chi connectivity index (χ0n) is 13.3. The highest BCUT2D eigenvalue weighted by Crippen LogP contribution is 2.26. The van der Waals surface area contributed by atoms with Gasteiger partial charge in [0.15, 0.2) is 0 Å². The maximum absolute atomic E-state index is 11.9. The second-order valence-electron chi connectivity index (χ2n) is 5.57. The molecule has 0 spiro atoms. The molecule has 0 bridgehead atoms. The molecular weight excluding hydrogens is 268 g/mol. The molecule has 0 aliphatic rings. The van der Waals surface area contributed by atoms with Crippen molar-refractivity contribution in [1.82, 2.24) is 0 Å². The molecule has 1 amide bonds. The molecule has 3 N–H and O–H groups in total. The van der Waals surface area contributed by atoms with E-state index in [1.54, 1.807) is 25.3 Å². The summed E-state index contributed by atoms with van der Waals surface area (Å²) in [6, 6.07) is 5.14. The molecule has 0 aliphatic carbocycles.